The topological polar surface area (TPSA) is 43.3 Å². The first-order valence-electron chi connectivity index (χ1n) is 12.1. The third-order valence-electron chi connectivity index (χ3n) is 6.49. The summed E-state index contributed by atoms with van der Waals surface area (Å²) in [5, 5.41) is 3.22. The molecule has 0 aliphatic rings. The third kappa shape index (κ3) is 4.89. The molecule has 4 nitrogen and oxygen atoms in total. The van der Waals surface area contributed by atoms with Crippen molar-refractivity contribution in [3.8, 4) is 22.7 Å². The highest BCUT2D eigenvalue weighted by Gasteiger charge is 2.24. The van der Waals surface area contributed by atoms with Crippen LogP contribution in [-0.4, -0.2) is 17.6 Å². The van der Waals surface area contributed by atoms with Gasteiger partial charge in [-0.3, -0.25) is 4.79 Å². The number of hydrogen-bond acceptors (Lipinski definition) is 2. The van der Waals surface area contributed by atoms with E-state index in [0.29, 0.717) is 28.4 Å². The summed E-state index contributed by atoms with van der Waals surface area (Å²) < 4.78 is 22.2. The maximum absolute atomic E-state index is 15.0. The molecule has 0 aliphatic heterocycles. The highest BCUT2D eigenvalue weighted by molar-refractivity contribution is 5.98. The molecule has 5 aromatic rings. The standard InChI is InChI=1S/C32H27FN2O2/c1-22-27(32(36)34-31(23-12-5-3-6-13-23)24-14-7-4-8-15-24)21-30(25-16-11-17-26(20-25)37-2)35(22)29-19-10-9-18-28(29)33/h3-21,31H,1-2H3,(H,34,36). The first-order valence-corrected chi connectivity index (χ1v) is 12.1. The minimum Gasteiger partial charge on any atom is -0.497 e. The Hall–Kier alpha value is -4.64. The van der Waals surface area contributed by atoms with Gasteiger partial charge in [0.1, 0.15) is 11.6 Å². The van der Waals surface area contributed by atoms with Crippen molar-refractivity contribution in [3.05, 3.63) is 143 Å². The van der Waals surface area contributed by atoms with E-state index in [-0.39, 0.29) is 17.8 Å². The second-order valence-electron chi connectivity index (χ2n) is 8.78. The minimum atomic E-state index is -0.372. The number of hydrogen-bond donors (Lipinski definition) is 1. The molecule has 0 bridgehead atoms. The SMILES string of the molecule is COc1cccc(-c2cc(C(=O)NC(c3ccccc3)c3ccccc3)c(C)n2-c2ccccc2F)c1. The first kappa shape index (κ1) is 24.1. The van der Waals surface area contributed by atoms with Crippen LogP contribution in [0.5, 0.6) is 5.75 Å². The number of methoxy groups -OCH3 is 1. The van der Waals surface area contributed by atoms with Crippen molar-refractivity contribution in [2.24, 2.45) is 0 Å². The smallest absolute Gasteiger partial charge is 0.253 e. The van der Waals surface area contributed by atoms with E-state index in [1.807, 2.05) is 97.9 Å². The van der Waals surface area contributed by atoms with E-state index in [1.165, 1.54) is 6.07 Å². The number of carbonyl (C=O) groups is 1. The summed E-state index contributed by atoms with van der Waals surface area (Å²) in [5.41, 5.74) is 4.94. The lowest BCUT2D eigenvalue weighted by Gasteiger charge is -2.20. The van der Waals surface area contributed by atoms with E-state index in [0.717, 1.165) is 16.7 Å². The molecule has 0 radical (unpaired) electrons. The second-order valence-corrected chi connectivity index (χ2v) is 8.78. The van der Waals surface area contributed by atoms with Gasteiger partial charge in [0.15, 0.2) is 0 Å². The number of halogens is 1. The van der Waals surface area contributed by atoms with Gasteiger partial charge in [-0.15, -0.1) is 0 Å². The molecule has 1 heterocycles. The van der Waals surface area contributed by atoms with Gasteiger partial charge in [-0.1, -0.05) is 84.9 Å². The number of aromatic nitrogens is 1. The molecule has 0 spiro atoms. The normalized spacial score (nSPS) is 10.9. The van der Waals surface area contributed by atoms with Crippen molar-refractivity contribution in [2.45, 2.75) is 13.0 Å². The Morgan fingerprint density at radius 2 is 1.43 bits per heavy atom. The molecule has 0 atom stereocenters. The number of nitrogens with one attached hydrogen (secondary N) is 1. The predicted octanol–water partition coefficient (Wildman–Crippen LogP) is 7.12. The van der Waals surface area contributed by atoms with Gasteiger partial charge in [0.05, 0.1) is 30.1 Å². The summed E-state index contributed by atoms with van der Waals surface area (Å²) in [6.07, 6.45) is 0. The van der Waals surface area contributed by atoms with Gasteiger partial charge in [0.2, 0.25) is 0 Å². The molecule has 1 aromatic heterocycles. The number of para-hydroxylation sites is 1. The average Bonchev–Trinajstić information content (AvgIpc) is 3.29. The molecule has 0 fully saturated rings. The van der Waals surface area contributed by atoms with Gasteiger partial charge < -0.3 is 14.6 Å². The van der Waals surface area contributed by atoms with E-state index < -0.39 is 0 Å². The van der Waals surface area contributed by atoms with Crippen LogP contribution in [0.25, 0.3) is 16.9 Å². The molecule has 0 aliphatic carbocycles. The van der Waals surface area contributed by atoms with Crippen LogP contribution >= 0.6 is 0 Å². The summed E-state index contributed by atoms with van der Waals surface area (Å²) >= 11 is 0. The van der Waals surface area contributed by atoms with Gasteiger partial charge in [0.25, 0.3) is 5.91 Å². The van der Waals surface area contributed by atoms with Gasteiger partial charge in [-0.25, -0.2) is 4.39 Å². The molecule has 184 valence electrons. The predicted molar refractivity (Wildman–Crippen MR) is 145 cm³/mol. The van der Waals surface area contributed by atoms with E-state index in [1.54, 1.807) is 29.9 Å². The van der Waals surface area contributed by atoms with Crippen LogP contribution in [0.1, 0.15) is 33.2 Å². The fourth-order valence-corrected chi connectivity index (χ4v) is 4.63. The van der Waals surface area contributed by atoms with Crippen LogP contribution in [0.15, 0.2) is 115 Å². The highest BCUT2D eigenvalue weighted by atomic mass is 19.1. The Bertz CT molecular complexity index is 1490. The van der Waals surface area contributed by atoms with Crippen molar-refractivity contribution in [1.29, 1.82) is 0 Å². The molecular formula is C32H27FN2O2. The fraction of sp³-hybridized carbons (Fsp3) is 0.0938. The molecule has 0 saturated carbocycles. The molecular weight excluding hydrogens is 463 g/mol. The Morgan fingerprint density at radius 1 is 0.811 bits per heavy atom. The van der Waals surface area contributed by atoms with Crippen LogP contribution in [0.2, 0.25) is 0 Å². The van der Waals surface area contributed by atoms with Crippen LogP contribution in [-0.2, 0) is 0 Å². The monoisotopic (exact) mass is 490 g/mol. The molecule has 1 amide bonds. The number of rotatable bonds is 7. The van der Waals surface area contributed by atoms with E-state index in [9.17, 15) is 4.79 Å². The zero-order valence-electron chi connectivity index (χ0n) is 20.7. The van der Waals surface area contributed by atoms with Gasteiger partial charge in [-0.05, 0) is 48.4 Å². The van der Waals surface area contributed by atoms with Crippen molar-refractivity contribution < 1.29 is 13.9 Å². The Morgan fingerprint density at radius 3 is 2.05 bits per heavy atom. The quantitative estimate of drug-likeness (QED) is 0.264. The van der Waals surface area contributed by atoms with Crippen molar-refractivity contribution in [2.75, 3.05) is 7.11 Å². The lowest BCUT2D eigenvalue weighted by molar-refractivity contribution is 0.0942. The number of ether oxygens (including phenoxy) is 1. The molecule has 5 heteroatoms. The van der Waals surface area contributed by atoms with E-state index in [4.69, 9.17) is 4.74 Å². The maximum atomic E-state index is 15.0. The summed E-state index contributed by atoms with van der Waals surface area (Å²) in [7, 11) is 1.60. The Kier molecular flexibility index (Phi) is 6.86. The fourth-order valence-electron chi connectivity index (χ4n) is 4.63. The molecule has 37 heavy (non-hydrogen) atoms. The molecule has 4 aromatic carbocycles. The van der Waals surface area contributed by atoms with E-state index >= 15 is 4.39 Å². The lowest BCUT2D eigenvalue weighted by atomic mass is 9.98. The van der Waals surface area contributed by atoms with Crippen molar-refractivity contribution in [3.63, 3.8) is 0 Å². The zero-order chi connectivity index (χ0) is 25.8. The zero-order valence-corrected chi connectivity index (χ0v) is 20.7. The van der Waals surface area contributed by atoms with Crippen LogP contribution < -0.4 is 10.1 Å². The summed E-state index contributed by atoms with van der Waals surface area (Å²) in [6, 6.07) is 35.3. The largest absolute Gasteiger partial charge is 0.497 e. The van der Waals surface area contributed by atoms with Gasteiger partial charge in [0, 0.05) is 11.3 Å². The Labute approximate surface area is 216 Å². The molecule has 5 rings (SSSR count). The van der Waals surface area contributed by atoms with E-state index in [2.05, 4.69) is 5.32 Å². The number of benzene rings is 4. The van der Waals surface area contributed by atoms with Crippen LogP contribution in [0, 0.1) is 12.7 Å². The lowest BCUT2D eigenvalue weighted by Crippen LogP contribution is -2.29. The van der Waals surface area contributed by atoms with Crippen LogP contribution in [0.4, 0.5) is 4.39 Å². The average molecular weight is 491 g/mol. The molecule has 1 N–H and O–H groups in total. The summed E-state index contributed by atoms with van der Waals surface area (Å²) in [6.45, 7) is 1.84. The third-order valence-corrected chi connectivity index (χ3v) is 6.49. The summed E-state index contributed by atoms with van der Waals surface area (Å²) in [4.78, 5) is 13.8. The van der Waals surface area contributed by atoms with Gasteiger partial charge in [-0.2, -0.15) is 0 Å². The minimum absolute atomic E-state index is 0.241. The van der Waals surface area contributed by atoms with Crippen molar-refractivity contribution in [1.82, 2.24) is 9.88 Å². The second kappa shape index (κ2) is 10.5. The highest BCUT2D eigenvalue weighted by Crippen LogP contribution is 2.33. The Balaban J connectivity index is 1.62. The maximum Gasteiger partial charge on any atom is 0.253 e. The molecule has 0 saturated heterocycles. The number of amides is 1. The van der Waals surface area contributed by atoms with Crippen molar-refractivity contribution >= 4 is 5.91 Å². The molecule has 0 unspecified atom stereocenters. The summed E-state index contributed by atoms with van der Waals surface area (Å²) in [5.74, 6) is 0.0638. The number of carbonyl (C=O) groups excluding carboxylic acids is 1. The number of nitrogens with zero attached hydrogens (tertiary/aromatic N) is 1. The van der Waals surface area contributed by atoms with Gasteiger partial charge >= 0.3 is 0 Å². The first-order chi connectivity index (χ1) is 18.1. The van der Waals surface area contributed by atoms with Crippen LogP contribution in [0.3, 0.4) is 0 Å².